The van der Waals surface area contributed by atoms with Crippen LogP contribution in [0.2, 0.25) is 0 Å². The molecular formula is C24H27N3O3. The second-order valence-electron chi connectivity index (χ2n) is 7.87. The highest BCUT2D eigenvalue weighted by molar-refractivity contribution is 6.00. The molecule has 1 saturated heterocycles. The minimum Gasteiger partial charge on any atom is -0.497 e. The first-order chi connectivity index (χ1) is 14.4. The Hall–Kier alpha value is -3.12. The summed E-state index contributed by atoms with van der Waals surface area (Å²) in [5.41, 5.74) is 4.15. The van der Waals surface area contributed by atoms with Crippen molar-refractivity contribution in [2.75, 3.05) is 20.2 Å². The predicted octanol–water partition coefficient (Wildman–Crippen LogP) is 4.11. The van der Waals surface area contributed by atoms with E-state index in [1.54, 1.807) is 11.8 Å². The number of carbonyl (C=O) groups excluding carboxylic acids is 1. The first kappa shape index (κ1) is 20.2. The van der Waals surface area contributed by atoms with E-state index >= 15 is 0 Å². The fourth-order valence-electron chi connectivity index (χ4n) is 3.86. The molecule has 1 aliphatic rings. The third-order valence-electron chi connectivity index (χ3n) is 5.29. The zero-order valence-corrected chi connectivity index (χ0v) is 17.8. The van der Waals surface area contributed by atoms with Crippen molar-refractivity contribution in [2.24, 2.45) is 0 Å². The van der Waals surface area contributed by atoms with E-state index in [2.05, 4.69) is 0 Å². The van der Waals surface area contributed by atoms with E-state index < -0.39 is 0 Å². The van der Waals surface area contributed by atoms with Gasteiger partial charge in [-0.1, -0.05) is 29.8 Å². The molecule has 0 aliphatic carbocycles. The van der Waals surface area contributed by atoms with Crippen LogP contribution < -0.4 is 4.74 Å². The summed E-state index contributed by atoms with van der Waals surface area (Å²) < 4.78 is 13.0. The normalized spacial score (nSPS) is 19.0. The molecule has 6 heteroatoms. The lowest BCUT2D eigenvalue weighted by Gasteiger charge is -2.35. The summed E-state index contributed by atoms with van der Waals surface area (Å²) in [7, 11) is 1.63. The smallest absolute Gasteiger partial charge is 0.257 e. The summed E-state index contributed by atoms with van der Waals surface area (Å²) in [6, 6.07) is 15.7. The van der Waals surface area contributed by atoms with E-state index in [9.17, 15) is 4.79 Å². The van der Waals surface area contributed by atoms with Crippen LogP contribution in [0.1, 0.15) is 29.8 Å². The molecule has 1 fully saturated rings. The monoisotopic (exact) mass is 405 g/mol. The molecule has 1 amide bonds. The Bertz CT molecular complexity index is 1030. The molecule has 2 aromatic carbocycles. The predicted molar refractivity (Wildman–Crippen MR) is 116 cm³/mol. The number of ether oxygens (including phenoxy) is 2. The summed E-state index contributed by atoms with van der Waals surface area (Å²) in [5, 5.41) is 4.79. The minimum absolute atomic E-state index is 0.00473. The molecule has 0 bridgehead atoms. The molecule has 0 saturated carbocycles. The number of methoxy groups -OCH3 is 1. The molecular weight excluding hydrogens is 378 g/mol. The largest absolute Gasteiger partial charge is 0.497 e. The first-order valence-corrected chi connectivity index (χ1v) is 10.2. The van der Waals surface area contributed by atoms with Gasteiger partial charge < -0.3 is 14.4 Å². The van der Waals surface area contributed by atoms with Gasteiger partial charge in [-0.25, -0.2) is 4.68 Å². The van der Waals surface area contributed by atoms with E-state index in [1.807, 2.05) is 80.4 Å². The van der Waals surface area contributed by atoms with Crippen LogP contribution in [0.4, 0.5) is 0 Å². The SMILES string of the molecule is COc1cccc(-c2nn(-c3ccc(C)cc3)cc2C(=O)N2C[C@H](C)O[C@@H](C)C2)c1. The van der Waals surface area contributed by atoms with Crippen LogP contribution >= 0.6 is 0 Å². The molecule has 1 aliphatic heterocycles. The molecule has 0 N–H and O–H groups in total. The van der Waals surface area contributed by atoms with Gasteiger partial charge in [0, 0.05) is 24.8 Å². The molecule has 2 heterocycles. The van der Waals surface area contributed by atoms with Crippen molar-refractivity contribution in [1.82, 2.24) is 14.7 Å². The van der Waals surface area contributed by atoms with Gasteiger partial charge in [-0.05, 0) is 45.0 Å². The maximum absolute atomic E-state index is 13.5. The number of hydrogen-bond donors (Lipinski definition) is 0. The molecule has 30 heavy (non-hydrogen) atoms. The van der Waals surface area contributed by atoms with E-state index in [-0.39, 0.29) is 18.1 Å². The summed E-state index contributed by atoms with van der Waals surface area (Å²) in [6.45, 7) is 7.17. The van der Waals surface area contributed by atoms with Crippen LogP contribution in [0.15, 0.2) is 54.7 Å². The van der Waals surface area contributed by atoms with Crippen molar-refractivity contribution < 1.29 is 14.3 Å². The summed E-state index contributed by atoms with van der Waals surface area (Å²) in [4.78, 5) is 15.4. The average molecular weight is 405 g/mol. The number of aryl methyl sites for hydroxylation is 1. The zero-order chi connectivity index (χ0) is 21.3. The van der Waals surface area contributed by atoms with Gasteiger partial charge in [-0.2, -0.15) is 5.10 Å². The first-order valence-electron chi connectivity index (χ1n) is 10.2. The van der Waals surface area contributed by atoms with Gasteiger partial charge >= 0.3 is 0 Å². The van der Waals surface area contributed by atoms with Gasteiger partial charge in [0.05, 0.1) is 30.6 Å². The van der Waals surface area contributed by atoms with Gasteiger partial charge in [-0.3, -0.25) is 4.79 Å². The summed E-state index contributed by atoms with van der Waals surface area (Å²) >= 11 is 0. The van der Waals surface area contributed by atoms with E-state index in [4.69, 9.17) is 14.6 Å². The topological polar surface area (TPSA) is 56.6 Å². The molecule has 0 radical (unpaired) electrons. The Morgan fingerprint density at radius 3 is 2.47 bits per heavy atom. The summed E-state index contributed by atoms with van der Waals surface area (Å²) in [6.07, 6.45) is 1.84. The number of morpholine rings is 1. The lowest BCUT2D eigenvalue weighted by atomic mass is 10.1. The van der Waals surface area contributed by atoms with Gasteiger partial charge in [-0.15, -0.1) is 0 Å². The van der Waals surface area contributed by atoms with E-state index in [0.29, 0.717) is 24.3 Å². The average Bonchev–Trinajstić information content (AvgIpc) is 3.18. The lowest BCUT2D eigenvalue weighted by molar-refractivity contribution is -0.0586. The van der Waals surface area contributed by atoms with Gasteiger partial charge in [0.2, 0.25) is 0 Å². The third-order valence-corrected chi connectivity index (χ3v) is 5.29. The Balaban J connectivity index is 1.78. The highest BCUT2D eigenvalue weighted by Crippen LogP contribution is 2.28. The maximum Gasteiger partial charge on any atom is 0.257 e. The van der Waals surface area contributed by atoms with Crippen LogP contribution in [0.5, 0.6) is 5.75 Å². The second kappa shape index (κ2) is 8.32. The van der Waals surface area contributed by atoms with Crippen LogP contribution in [-0.4, -0.2) is 53.0 Å². The number of amides is 1. The minimum atomic E-state index is -0.0341. The highest BCUT2D eigenvalue weighted by atomic mass is 16.5. The van der Waals surface area contributed by atoms with Crippen molar-refractivity contribution in [3.05, 3.63) is 65.9 Å². The molecule has 3 aromatic rings. The van der Waals surface area contributed by atoms with Crippen molar-refractivity contribution >= 4 is 5.91 Å². The Labute approximate surface area is 177 Å². The molecule has 4 rings (SSSR count). The van der Waals surface area contributed by atoms with E-state index in [0.717, 1.165) is 17.0 Å². The second-order valence-corrected chi connectivity index (χ2v) is 7.87. The molecule has 6 nitrogen and oxygen atoms in total. The van der Waals surface area contributed by atoms with Crippen LogP contribution in [0.3, 0.4) is 0 Å². The zero-order valence-electron chi connectivity index (χ0n) is 17.8. The molecule has 1 aromatic heterocycles. The van der Waals surface area contributed by atoms with Crippen molar-refractivity contribution in [3.63, 3.8) is 0 Å². The van der Waals surface area contributed by atoms with Gasteiger partial charge in [0.15, 0.2) is 0 Å². The fourth-order valence-corrected chi connectivity index (χ4v) is 3.86. The number of benzene rings is 2. The number of rotatable bonds is 4. The van der Waals surface area contributed by atoms with Crippen molar-refractivity contribution in [1.29, 1.82) is 0 Å². The number of carbonyl (C=O) groups is 1. The number of aromatic nitrogens is 2. The fraction of sp³-hybridized carbons (Fsp3) is 0.333. The number of hydrogen-bond acceptors (Lipinski definition) is 4. The quantitative estimate of drug-likeness (QED) is 0.656. The third kappa shape index (κ3) is 4.09. The van der Waals surface area contributed by atoms with Gasteiger partial charge in [0.1, 0.15) is 11.4 Å². The van der Waals surface area contributed by atoms with Crippen LogP contribution in [-0.2, 0) is 4.74 Å². The van der Waals surface area contributed by atoms with E-state index in [1.165, 1.54) is 5.56 Å². The highest BCUT2D eigenvalue weighted by Gasteiger charge is 2.29. The standard InChI is InChI=1S/C24H27N3O3/c1-16-8-10-20(11-9-16)27-15-22(24(28)26-13-17(2)30-18(3)14-26)23(25-27)19-6-5-7-21(12-19)29-4/h5-12,15,17-18H,13-14H2,1-4H3/t17-,18-/m0/s1. The van der Waals surface area contributed by atoms with Crippen LogP contribution in [0.25, 0.3) is 16.9 Å². The van der Waals surface area contributed by atoms with Crippen molar-refractivity contribution in [2.45, 2.75) is 33.0 Å². The Morgan fingerprint density at radius 2 is 1.80 bits per heavy atom. The molecule has 2 atom stereocenters. The van der Waals surface area contributed by atoms with Crippen molar-refractivity contribution in [3.8, 4) is 22.7 Å². The lowest BCUT2D eigenvalue weighted by Crippen LogP contribution is -2.48. The van der Waals surface area contributed by atoms with Crippen LogP contribution in [0, 0.1) is 6.92 Å². The van der Waals surface area contributed by atoms with Gasteiger partial charge in [0.25, 0.3) is 5.91 Å². The Kier molecular flexibility index (Phi) is 5.59. The molecule has 156 valence electrons. The maximum atomic E-state index is 13.5. The summed E-state index contributed by atoms with van der Waals surface area (Å²) in [5.74, 6) is 0.692. The Morgan fingerprint density at radius 1 is 1.10 bits per heavy atom. The molecule has 0 spiro atoms. The number of nitrogens with zero attached hydrogens (tertiary/aromatic N) is 3. The molecule has 0 unspecified atom stereocenters.